The van der Waals surface area contributed by atoms with E-state index < -0.39 is 5.91 Å². The predicted octanol–water partition coefficient (Wildman–Crippen LogP) is -0.511. The zero-order chi connectivity index (χ0) is 11.3. The molecule has 84 valence electrons. The van der Waals surface area contributed by atoms with Crippen LogP contribution in [0.3, 0.4) is 0 Å². The third kappa shape index (κ3) is 3.69. The molecule has 0 bridgehead atoms. The van der Waals surface area contributed by atoms with Crippen molar-refractivity contribution >= 4 is 5.91 Å². The molecule has 0 radical (unpaired) electrons. The molecule has 0 unspecified atom stereocenters. The van der Waals surface area contributed by atoms with Crippen LogP contribution in [-0.2, 0) is 29.6 Å². The molecule has 1 aromatic rings. The van der Waals surface area contributed by atoms with Gasteiger partial charge in [0.25, 0.3) is 0 Å². The lowest BCUT2D eigenvalue weighted by Crippen LogP contribution is -2.24. The van der Waals surface area contributed by atoms with E-state index >= 15 is 0 Å². The van der Waals surface area contributed by atoms with Gasteiger partial charge in [0, 0.05) is 25.4 Å². The van der Waals surface area contributed by atoms with Gasteiger partial charge < -0.3 is 5.73 Å². The van der Waals surface area contributed by atoms with E-state index in [2.05, 4.69) is 10.6 Å². The molecule has 1 amide bonds. The van der Waals surface area contributed by atoms with Crippen LogP contribution in [0, 0.1) is 0 Å². The molecule has 15 heavy (non-hydrogen) atoms. The number of primary amides is 1. The first-order chi connectivity index (χ1) is 7.13. The average Bonchev–Trinajstić information content (AvgIpc) is 2.53. The summed E-state index contributed by atoms with van der Waals surface area (Å²) in [5.41, 5.74) is 9.66. The second-order valence-corrected chi connectivity index (χ2v) is 3.20. The molecule has 0 saturated carbocycles. The number of hydrogen-bond donors (Lipinski definition) is 2. The van der Waals surface area contributed by atoms with Gasteiger partial charge in [0.15, 0.2) is 0 Å². The van der Waals surface area contributed by atoms with Crippen LogP contribution in [0.25, 0.3) is 0 Å². The summed E-state index contributed by atoms with van der Waals surface area (Å²) in [6.07, 6.45) is 2.78. The lowest BCUT2D eigenvalue weighted by atomic mass is 10.2. The van der Waals surface area contributed by atoms with Crippen molar-refractivity contribution < 1.29 is 9.63 Å². The van der Waals surface area contributed by atoms with Gasteiger partial charge in [0.05, 0.1) is 5.69 Å². The van der Waals surface area contributed by atoms with Crippen molar-refractivity contribution in [2.45, 2.75) is 19.9 Å². The van der Waals surface area contributed by atoms with Gasteiger partial charge in [-0.25, -0.2) is 0 Å². The first kappa shape index (κ1) is 11.7. The first-order valence-corrected chi connectivity index (χ1v) is 4.77. The van der Waals surface area contributed by atoms with E-state index in [1.807, 2.05) is 20.2 Å². The van der Waals surface area contributed by atoms with Crippen LogP contribution in [0.4, 0.5) is 0 Å². The van der Waals surface area contributed by atoms with Crippen molar-refractivity contribution in [2.24, 2.45) is 12.8 Å². The van der Waals surface area contributed by atoms with Gasteiger partial charge in [-0.3, -0.25) is 14.3 Å². The number of amides is 1. The van der Waals surface area contributed by atoms with Gasteiger partial charge in [0.1, 0.15) is 6.61 Å². The van der Waals surface area contributed by atoms with Crippen LogP contribution >= 0.6 is 0 Å². The van der Waals surface area contributed by atoms with Gasteiger partial charge in [-0.1, -0.05) is 6.92 Å². The molecule has 1 rings (SSSR count). The maximum Gasteiger partial charge on any atom is 0.245 e. The Labute approximate surface area is 88.3 Å². The average molecular weight is 212 g/mol. The third-order valence-electron chi connectivity index (χ3n) is 1.91. The smallest absolute Gasteiger partial charge is 0.245 e. The van der Waals surface area contributed by atoms with Gasteiger partial charge in [-0.15, -0.1) is 0 Å². The van der Waals surface area contributed by atoms with E-state index in [0.29, 0.717) is 6.54 Å². The van der Waals surface area contributed by atoms with Crippen LogP contribution in [0.1, 0.15) is 18.2 Å². The van der Waals surface area contributed by atoms with Crippen molar-refractivity contribution in [1.29, 1.82) is 0 Å². The zero-order valence-corrected chi connectivity index (χ0v) is 8.99. The van der Waals surface area contributed by atoms with Gasteiger partial charge in [-0.05, 0) is 6.42 Å². The normalized spacial score (nSPS) is 10.5. The van der Waals surface area contributed by atoms with Crippen molar-refractivity contribution in [2.75, 3.05) is 6.61 Å². The summed E-state index contributed by atoms with van der Waals surface area (Å²) in [6, 6.07) is 0. The van der Waals surface area contributed by atoms with Crippen molar-refractivity contribution in [3.63, 3.8) is 0 Å². The number of nitrogens with one attached hydrogen (secondary N) is 1. The number of carbonyl (C=O) groups is 1. The molecule has 0 saturated heterocycles. The fourth-order valence-electron chi connectivity index (χ4n) is 1.28. The molecule has 0 aliphatic carbocycles. The lowest BCUT2D eigenvalue weighted by molar-refractivity contribution is -0.125. The summed E-state index contributed by atoms with van der Waals surface area (Å²) in [7, 11) is 1.87. The molecule has 0 aliphatic rings. The van der Waals surface area contributed by atoms with E-state index in [1.54, 1.807) is 4.68 Å². The monoisotopic (exact) mass is 212 g/mol. The van der Waals surface area contributed by atoms with E-state index in [-0.39, 0.29) is 6.61 Å². The molecule has 0 fully saturated rings. The molecule has 6 nitrogen and oxygen atoms in total. The van der Waals surface area contributed by atoms with Crippen molar-refractivity contribution in [3.8, 4) is 0 Å². The Hall–Kier alpha value is -1.40. The summed E-state index contributed by atoms with van der Waals surface area (Å²) in [5.74, 6) is -0.496. The standard InChI is InChI=1S/C9H16N4O2/c1-3-8-7(5-13(2)12-8)4-11-15-6-9(10)14/h5,11H,3-4,6H2,1-2H3,(H2,10,14). The number of aryl methyl sites for hydroxylation is 2. The predicted molar refractivity (Wildman–Crippen MR) is 54.6 cm³/mol. The molecule has 1 aromatic heterocycles. The van der Waals surface area contributed by atoms with Crippen LogP contribution in [0.5, 0.6) is 0 Å². The molecular formula is C9H16N4O2. The fraction of sp³-hybridized carbons (Fsp3) is 0.556. The topological polar surface area (TPSA) is 82.2 Å². The molecule has 6 heteroatoms. The number of carbonyl (C=O) groups excluding carboxylic acids is 1. The second kappa shape index (κ2) is 5.47. The number of nitrogens with zero attached hydrogens (tertiary/aromatic N) is 2. The van der Waals surface area contributed by atoms with Gasteiger partial charge in [0.2, 0.25) is 5.91 Å². The van der Waals surface area contributed by atoms with E-state index in [0.717, 1.165) is 17.7 Å². The Balaban J connectivity index is 2.39. The minimum Gasteiger partial charge on any atom is -0.368 e. The Morgan fingerprint density at radius 2 is 2.47 bits per heavy atom. The molecule has 0 atom stereocenters. The number of aromatic nitrogens is 2. The maximum atomic E-state index is 10.4. The highest BCUT2D eigenvalue weighted by Gasteiger charge is 2.05. The first-order valence-electron chi connectivity index (χ1n) is 4.77. The van der Waals surface area contributed by atoms with E-state index in [9.17, 15) is 4.79 Å². The minimum absolute atomic E-state index is 0.123. The largest absolute Gasteiger partial charge is 0.368 e. The highest BCUT2D eigenvalue weighted by molar-refractivity contribution is 5.74. The molecule has 0 spiro atoms. The minimum atomic E-state index is -0.496. The molecular weight excluding hydrogens is 196 g/mol. The highest BCUT2D eigenvalue weighted by Crippen LogP contribution is 2.06. The highest BCUT2D eigenvalue weighted by atomic mass is 16.6. The van der Waals surface area contributed by atoms with Crippen molar-refractivity contribution in [1.82, 2.24) is 15.3 Å². The van der Waals surface area contributed by atoms with E-state index in [4.69, 9.17) is 10.6 Å². The summed E-state index contributed by atoms with van der Waals surface area (Å²) < 4.78 is 1.75. The summed E-state index contributed by atoms with van der Waals surface area (Å²) in [4.78, 5) is 15.2. The van der Waals surface area contributed by atoms with Gasteiger partial charge in [-0.2, -0.15) is 10.6 Å². The number of hydrogen-bond acceptors (Lipinski definition) is 4. The zero-order valence-electron chi connectivity index (χ0n) is 8.99. The Morgan fingerprint density at radius 3 is 3.07 bits per heavy atom. The van der Waals surface area contributed by atoms with E-state index in [1.165, 1.54) is 0 Å². The SMILES string of the molecule is CCc1nn(C)cc1CNOCC(N)=O. The molecule has 0 aliphatic heterocycles. The number of rotatable bonds is 6. The fourth-order valence-corrected chi connectivity index (χ4v) is 1.28. The van der Waals surface area contributed by atoms with Crippen LogP contribution in [0.2, 0.25) is 0 Å². The Morgan fingerprint density at radius 1 is 1.73 bits per heavy atom. The lowest BCUT2D eigenvalue weighted by Gasteiger charge is -2.02. The molecule has 1 heterocycles. The van der Waals surface area contributed by atoms with Crippen LogP contribution in [-0.4, -0.2) is 22.3 Å². The van der Waals surface area contributed by atoms with Crippen LogP contribution in [0.15, 0.2) is 6.20 Å². The second-order valence-electron chi connectivity index (χ2n) is 3.20. The van der Waals surface area contributed by atoms with Gasteiger partial charge >= 0.3 is 0 Å². The van der Waals surface area contributed by atoms with Crippen LogP contribution < -0.4 is 11.2 Å². The summed E-state index contributed by atoms with van der Waals surface area (Å²) in [6.45, 7) is 2.43. The third-order valence-corrected chi connectivity index (χ3v) is 1.91. The molecule has 3 N–H and O–H groups in total. The Kier molecular flexibility index (Phi) is 4.26. The van der Waals surface area contributed by atoms with Crippen molar-refractivity contribution in [3.05, 3.63) is 17.5 Å². The quantitative estimate of drug-likeness (QED) is 0.491. The number of nitrogens with two attached hydrogens (primary N) is 1. The summed E-state index contributed by atoms with van der Waals surface area (Å²) >= 11 is 0. The maximum absolute atomic E-state index is 10.4. The summed E-state index contributed by atoms with van der Waals surface area (Å²) in [5, 5.41) is 4.27. The Bertz CT molecular complexity index is 335. The number of hydroxylamine groups is 1. The molecule has 0 aromatic carbocycles.